The Morgan fingerprint density at radius 2 is 1.67 bits per heavy atom. The Bertz CT molecular complexity index is 1530. The maximum atomic E-state index is 12.9. The van der Waals surface area contributed by atoms with Gasteiger partial charge < -0.3 is 19.7 Å². The van der Waals surface area contributed by atoms with Crippen LogP contribution in [0.3, 0.4) is 0 Å². The molecule has 0 aliphatic carbocycles. The smallest absolute Gasteiger partial charge is 0.229 e. The van der Waals surface area contributed by atoms with Crippen molar-refractivity contribution in [1.29, 1.82) is 0 Å². The van der Waals surface area contributed by atoms with Crippen LogP contribution >= 0.6 is 0 Å². The molecule has 0 spiro atoms. The predicted octanol–water partition coefficient (Wildman–Crippen LogP) is 4.69. The van der Waals surface area contributed by atoms with Crippen molar-refractivity contribution in [3.63, 3.8) is 0 Å². The van der Waals surface area contributed by atoms with Gasteiger partial charge in [-0.1, -0.05) is 0 Å². The zero-order valence-corrected chi connectivity index (χ0v) is 22.6. The molecule has 2 aromatic heterocycles. The molecule has 1 fully saturated rings. The maximum Gasteiger partial charge on any atom is 0.229 e. The van der Waals surface area contributed by atoms with Crippen LogP contribution in [0.2, 0.25) is 0 Å². The molecule has 2 amide bonds. The second kappa shape index (κ2) is 10.6. The van der Waals surface area contributed by atoms with Crippen molar-refractivity contribution in [2.24, 2.45) is 5.92 Å². The molecule has 0 saturated carbocycles. The molecule has 1 aliphatic heterocycles. The summed E-state index contributed by atoms with van der Waals surface area (Å²) in [5.41, 5.74) is 4.42. The highest BCUT2D eigenvalue weighted by Crippen LogP contribution is 2.29. The summed E-state index contributed by atoms with van der Waals surface area (Å²) in [6.07, 6.45) is 0.156. The number of nitrogens with zero attached hydrogens (tertiary/aromatic N) is 5. The van der Waals surface area contributed by atoms with Crippen molar-refractivity contribution in [3.8, 4) is 23.2 Å². The number of carbonyl (C=O) groups excluding carboxylic acids is 2. The van der Waals surface area contributed by atoms with E-state index in [-0.39, 0.29) is 18.2 Å². The third kappa shape index (κ3) is 5.45. The molecule has 10 nitrogen and oxygen atoms in total. The molecule has 1 unspecified atom stereocenters. The van der Waals surface area contributed by atoms with Crippen LogP contribution in [-0.4, -0.2) is 45.2 Å². The van der Waals surface area contributed by atoms with Gasteiger partial charge in [0.1, 0.15) is 17.3 Å². The molecule has 3 heterocycles. The van der Waals surface area contributed by atoms with Gasteiger partial charge in [0.2, 0.25) is 17.7 Å². The van der Waals surface area contributed by atoms with Gasteiger partial charge in [-0.2, -0.15) is 10.1 Å². The fraction of sp³-hybridized carbons (Fsp3) is 0.276. The Kier molecular flexibility index (Phi) is 7.02. The summed E-state index contributed by atoms with van der Waals surface area (Å²) in [4.78, 5) is 36.0. The van der Waals surface area contributed by atoms with E-state index >= 15 is 0 Å². The third-order valence-electron chi connectivity index (χ3n) is 6.90. The molecule has 1 aliphatic rings. The molecule has 0 radical (unpaired) electrons. The second-order valence-corrected chi connectivity index (χ2v) is 9.54. The lowest BCUT2D eigenvalue weighted by molar-refractivity contribution is -0.122. The van der Waals surface area contributed by atoms with E-state index in [2.05, 4.69) is 20.4 Å². The predicted molar refractivity (Wildman–Crippen MR) is 147 cm³/mol. The number of nitrogens with one attached hydrogen (secondary N) is 1. The van der Waals surface area contributed by atoms with Crippen LogP contribution in [0.5, 0.6) is 17.4 Å². The van der Waals surface area contributed by atoms with Crippen LogP contribution in [0, 0.1) is 33.6 Å². The number of amides is 2. The van der Waals surface area contributed by atoms with Crippen LogP contribution < -0.4 is 19.7 Å². The Hall–Kier alpha value is -4.73. The molecular formula is C29H30N6O4. The fourth-order valence-corrected chi connectivity index (χ4v) is 4.50. The average Bonchev–Trinajstić information content (AvgIpc) is 3.44. The SMILES string of the molecule is COc1ccc(N2CC(C(=O)Nc3ccc(Oc4cc(-n5nc(C)c(C)c5C)nc(C)n4)cc3)CC2=O)cc1. The van der Waals surface area contributed by atoms with Crippen molar-refractivity contribution in [1.82, 2.24) is 19.7 Å². The Morgan fingerprint density at radius 3 is 2.31 bits per heavy atom. The first kappa shape index (κ1) is 25.9. The Balaban J connectivity index is 1.23. The molecule has 4 aromatic rings. The van der Waals surface area contributed by atoms with Crippen LogP contribution in [0.4, 0.5) is 11.4 Å². The van der Waals surface area contributed by atoms with Crippen LogP contribution in [0.1, 0.15) is 29.2 Å². The first-order chi connectivity index (χ1) is 18.7. The molecule has 0 bridgehead atoms. The summed E-state index contributed by atoms with van der Waals surface area (Å²) in [5.74, 6) is 2.11. The van der Waals surface area contributed by atoms with E-state index in [1.165, 1.54) is 0 Å². The van der Waals surface area contributed by atoms with Gasteiger partial charge in [-0.05, 0) is 81.8 Å². The van der Waals surface area contributed by atoms with Crippen molar-refractivity contribution in [2.45, 2.75) is 34.1 Å². The van der Waals surface area contributed by atoms with Gasteiger partial charge in [0, 0.05) is 36.1 Å². The summed E-state index contributed by atoms with van der Waals surface area (Å²) >= 11 is 0. The number of hydrogen-bond donors (Lipinski definition) is 1. The van der Waals surface area contributed by atoms with Gasteiger partial charge in [-0.3, -0.25) is 9.59 Å². The molecule has 39 heavy (non-hydrogen) atoms. The molecule has 1 atom stereocenters. The van der Waals surface area contributed by atoms with Gasteiger partial charge in [0.15, 0.2) is 5.82 Å². The number of aryl methyl sites for hydroxylation is 2. The first-order valence-corrected chi connectivity index (χ1v) is 12.6. The van der Waals surface area contributed by atoms with E-state index in [4.69, 9.17) is 9.47 Å². The number of methoxy groups -OCH3 is 1. The standard InChI is InChI=1S/C29H30N6O4/c1-17-18(2)33-35(19(17)3)26-15-27(31-20(4)30-26)39-25-10-6-22(7-11-25)32-29(37)21-14-28(36)34(16-21)23-8-12-24(38-5)13-9-23/h6-13,15,21H,14,16H2,1-5H3,(H,32,37). The minimum atomic E-state index is -0.448. The highest BCUT2D eigenvalue weighted by atomic mass is 16.5. The summed E-state index contributed by atoms with van der Waals surface area (Å²) in [7, 11) is 1.59. The maximum absolute atomic E-state index is 12.9. The van der Waals surface area contributed by atoms with Crippen LogP contribution in [0.25, 0.3) is 5.82 Å². The van der Waals surface area contributed by atoms with Crippen molar-refractivity contribution in [3.05, 3.63) is 77.4 Å². The van der Waals surface area contributed by atoms with E-state index in [0.717, 1.165) is 22.6 Å². The van der Waals surface area contributed by atoms with Gasteiger partial charge in [0.25, 0.3) is 0 Å². The number of benzene rings is 2. The van der Waals surface area contributed by atoms with Crippen molar-refractivity contribution < 1.29 is 19.1 Å². The molecule has 5 rings (SSSR count). The lowest BCUT2D eigenvalue weighted by atomic mass is 10.1. The zero-order chi connectivity index (χ0) is 27.7. The highest BCUT2D eigenvalue weighted by molar-refractivity contribution is 6.03. The third-order valence-corrected chi connectivity index (χ3v) is 6.90. The Labute approximate surface area is 226 Å². The lowest BCUT2D eigenvalue weighted by Gasteiger charge is -2.17. The topological polar surface area (TPSA) is 111 Å². The van der Waals surface area contributed by atoms with E-state index in [1.807, 2.05) is 32.9 Å². The largest absolute Gasteiger partial charge is 0.497 e. The monoisotopic (exact) mass is 526 g/mol. The van der Waals surface area contributed by atoms with Gasteiger partial charge in [-0.15, -0.1) is 0 Å². The second-order valence-electron chi connectivity index (χ2n) is 9.54. The summed E-state index contributed by atoms with van der Waals surface area (Å²) < 4.78 is 12.9. The van der Waals surface area contributed by atoms with Gasteiger partial charge in [-0.25, -0.2) is 9.67 Å². The number of carbonyl (C=O) groups is 2. The lowest BCUT2D eigenvalue weighted by Crippen LogP contribution is -2.28. The van der Waals surface area contributed by atoms with Crippen LogP contribution in [-0.2, 0) is 9.59 Å². The van der Waals surface area contributed by atoms with E-state index in [1.54, 1.807) is 66.1 Å². The minimum absolute atomic E-state index is 0.0841. The number of hydrogen-bond acceptors (Lipinski definition) is 7. The molecule has 200 valence electrons. The highest BCUT2D eigenvalue weighted by Gasteiger charge is 2.35. The number of aromatic nitrogens is 4. The molecule has 10 heteroatoms. The Morgan fingerprint density at radius 1 is 0.974 bits per heavy atom. The molecule has 1 N–H and O–H groups in total. The fourth-order valence-electron chi connectivity index (χ4n) is 4.50. The summed E-state index contributed by atoms with van der Waals surface area (Å²) in [5, 5.41) is 7.48. The van der Waals surface area contributed by atoms with E-state index in [9.17, 15) is 9.59 Å². The summed E-state index contributed by atoms with van der Waals surface area (Å²) in [6.45, 7) is 8.12. The van der Waals surface area contributed by atoms with Crippen molar-refractivity contribution >= 4 is 23.2 Å². The normalized spacial score (nSPS) is 14.9. The zero-order valence-electron chi connectivity index (χ0n) is 22.6. The molecular weight excluding hydrogens is 496 g/mol. The summed E-state index contributed by atoms with van der Waals surface area (Å²) in [6, 6.07) is 16.0. The number of ether oxygens (including phenoxy) is 2. The average molecular weight is 527 g/mol. The van der Waals surface area contributed by atoms with E-state index < -0.39 is 5.92 Å². The number of rotatable bonds is 7. The van der Waals surface area contributed by atoms with Crippen molar-refractivity contribution in [2.75, 3.05) is 23.9 Å². The van der Waals surface area contributed by atoms with Gasteiger partial charge in [0.05, 0.1) is 18.7 Å². The number of anilines is 2. The van der Waals surface area contributed by atoms with E-state index in [0.29, 0.717) is 41.3 Å². The molecule has 1 saturated heterocycles. The first-order valence-electron chi connectivity index (χ1n) is 12.6. The minimum Gasteiger partial charge on any atom is -0.497 e. The van der Waals surface area contributed by atoms with Crippen LogP contribution in [0.15, 0.2) is 54.6 Å². The quantitative estimate of drug-likeness (QED) is 0.372. The van der Waals surface area contributed by atoms with Gasteiger partial charge >= 0.3 is 0 Å². The molecule has 2 aromatic carbocycles.